The van der Waals surface area contributed by atoms with Crippen LogP contribution in [-0.4, -0.2) is 0 Å². The molecule has 6 aromatic rings. The molecular formula is C30H19ClS. The normalized spacial score (nSPS) is 11.3. The topological polar surface area (TPSA) is 0 Å². The summed E-state index contributed by atoms with van der Waals surface area (Å²) in [5.41, 5.74) is 6.97. The van der Waals surface area contributed by atoms with E-state index in [0.29, 0.717) is 0 Å². The lowest BCUT2D eigenvalue weighted by atomic mass is 9.93. The summed E-state index contributed by atoms with van der Waals surface area (Å²) in [6.07, 6.45) is 0. The van der Waals surface area contributed by atoms with Crippen molar-refractivity contribution >= 4 is 43.1 Å². The summed E-state index contributed by atoms with van der Waals surface area (Å²) in [4.78, 5) is 0. The van der Waals surface area contributed by atoms with Gasteiger partial charge in [-0.05, 0) is 46.0 Å². The molecule has 0 aliphatic rings. The van der Waals surface area contributed by atoms with E-state index in [1.807, 2.05) is 29.5 Å². The van der Waals surface area contributed by atoms with E-state index in [-0.39, 0.29) is 0 Å². The Kier molecular flexibility index (Phi) is 4.79. The fraction of sp³-hybridized carbons (Fsp3) is 0. The van der Waals surface area contributed by atoms with Crippen molar-refractivity contribution in [1.29, 1.82) is 0 Å². The van der Waals surface area contributed by atoms with Gasteiger partial charge < -0.3 is 0 Å². The standard InChI is InChI=1S/C30H19ClS/c31-27-11-6-10-24(23-17-18-26-25-9-4-5-12-28(25)32-29(26)19-23)30(27)22-15-13-21(14-16-22)20-7-2-1-3-8-20/h1-19H. The highest BCUT2D eigenvalue weighted by Crippen LogP contribution is 2.41. The van der Waals surface area contributed by atoms with Crippen LogP contribution in [0, 0.1) is 0 Å². The van der Waals surface area contributed by atoms with Crippen LogP contribution in [0.3, 0.4) is 0 Å². The Bertz CT molecular complexity index is 1560. The molecule has 2 heteroatoms. The Hall–Kier alpha value is -3.39. The smallest absolute Gasteiger partial charge is 0.0490 e. The fourth-order valence-corrected chi connectivity index (χ4v) is 5.84. The van der Waals surface area contributed by atoms with Crippen LogP contribution in [0.5, 0.6) is 0 Å². The Morgan fingerprint density at radius 3 is 1.97 bits per heavy atom. The predicted molar refractivity (Wildman–Crippen MR) is 141 cm³/mol. The van der Waals surface area contributed by atoms with Crippen molar-refractivity contribution in [1.82, 2.24) is 0 Å². The highest BCUT2D eigenvalue weighted by Gasteiger charge is 2.13. The Morgan fingerprint density at radius 2 is 1.12 bits per heavy atom. The van der Waals surface area contributed by atoms with Crippen LogP contribution >= 0.6 is 22.9 Å². The molecule has 0 bridgehead atoms. The molecular weight excluding hydrogens is 428 g/mol. The summed E-state index contributed by atoms with van der Waals surface area (Å²) in [6, 6.07) is 40.7. The number of fused-ring (bicyclic) bond motifs is 3. The van der Waals surface area contributed by atoms with Crippen molar-refractivity contribution in [2.75, 3.05) is 0 Å². The molecule has 0 saturated heterocycles. The van der Waals surface area contributed by atoms with Crippen molar-refractivity contribution in [3.63, 3.8) is 0 Å². The van der Waals surface area contributed by atoms with E-state index >= 15 is 0 Å². The fourth-order valence-electron chi connectivity index (χ4n) is 4.41. The van der Waals surface area contributed by atoms with Gasteiger partial charge in [-0.3, -0.25) is 0 Å². The molecule has 32 heavy (non-hydrogen) atoms. The molecule has 1 heterocycles. The average Bonchev–Trinajstić information content (AvgIpc) is 3.22. The molecule has 0 spiro atoms. The largest absolute Gasteiger partial charge is 0.135 e. The molecule has 0 atom stereocenters. The molecule has 0 amide bonds. The van der Waals surface area contributed by atoms with E-state index < -0.39 is 0 Å². The van der Waals surface area contributed by atoms with Crippen LogP contribution in [0.2, 0.25) is 5.02 Å². The first-order valence-corrected chi connectivity index (χ1v) is 11.8. The predicted octanol–water partition coefficient (Wildman–Crippen LogP) is 9.71. The second-order valence-corrected chi connectivity index (χ2v) is 9.41. The van der Waals surface area contributed by atoms with E-state index in [9.17, 15) is 0 Å². The van der Waals surface area contributed by atoms with E-state index in [4.69, 9.17) is 11.6 Å². The molecule has 0 nitrogen and oxygen atoms in total. The third-order valence-electron chi connectivity index (χ3n) is 5.98. The maximum Gasteiger partial charge on any atom is 0.0490 e. The van der Waals surface area contributed by atoms with E-state index in [2.05, 4.69) is 97.1 Å². The van der Waals surface area contributed by atoms with Crippen LogP contribution in [0.25, 0.3) is 53.6 Å². The Balaban J connectivity index is 1.48. The molecule has 0 radical (unpaired) electrons. The van der Waals surface area contributed by atoms with Crippen LogP contribution in [0.1, 0.15) is 0 Å². The molecule has 0 saturated carbocycles. The zero-order valence-corrected chi connectivity index (χ0v) is 18.8. The van der Waals surface area contributed by atoms with Gasteiger partial charge in [0.05, 0.1) is 0 Å². The number of thiophene rings is 1. The minimum absolute atomic E-state index is 0.770. The molecule has 0 fully saturated rings. The average molecular weight is 447 g/mol. The third kappa shape index (κ3) is 3.31. The van der Waals surface area contributed by atoms with Gasteiger partial charge in [-0.2, -0.15) is 0 Å². The van der Waals surface area contributed by atoms with Gasteiger partial charge in [-0.25, -0.2) is 0 Å². The molecule has 0 aliphatic carbocycles. The van der Waals surface area contributed by atoms with Crippen LogP contribution in [-0.2, 0) is 0 Å². The van der Waals surface area contributed by atoms with Gasteiger partial charge in [0.15, 0.2) is 0 Å². The third-order valence-corrected chi connectivity index (χ3v) is 7.43. The van der Waals surface area contributed by atoms with Gasteiger partial charge in [-0.15, -0.1) is 11.3 Å². The first kappa shape index (κ1) is 19.3. The zero-order chi connectivity index (χ0) is 21.5. The minimum atomic E-state index is 0.770. The van der Waals surface area contributed by atoms with Crippen molar-refractivity contribution < 1.29 is 0 Å². The first-order chi connectivity index (χ1) is 15.8. The number of benzene rings is 5. The monoisotopic (exact) mass is 446 g/mol. The van der Waals surface area contributed by atoms with Crippen molar-refractivity contribution in [2.45, 2.75) is 0 Å². The lowest BCUT2D eigenvalue weighted by molar-refractivity contribution is 1.58. The first-order valence-electron chi connectivity index (χ1n) is 10.6. The number of halogens is 1. The van der Waals surface area contributed by atoms with Crippen LogP contribution in [0.15, 0.2) is 115 Å². The molecule has 152 valence electrons. The number of hydrogen-bond donors (Lipinski definition) is 0. The Labute approximate surface area is 196 Å². The van der Waals surface area contributed by atoms with Gasteiger partial charge in [0.2, 0.25) is 0 Å². The van der Waals surface area contributed by atoms with Gasteiger partial charge in [0.1, 0.15) is 0 Å². The van der Waals surface area contributed by atoms with E-state index in [1.54, 1.807) is 0 Å². The van der Waals surface area contributed by atoms with Crippen molar-refractivity contribution in [3.8, 4) is 33.4 Å². The Morgan fingerprint density at radius 1 is 0.469 bits per heavy atom. The molecule has 5 aromatic carbocycles. The van der Waals surface area contributed by atoms with Crippen molar-refractivity contribution in [3.05, 3.63) is 120 Å². The molecule has 6 rings (SSSR count). The van der Waals surface area contributed by atoms with Gasteiger partial charge in [-0.1, -0.05) is 109 Å². The number of hydrogen-bond acceptors (Lipinski definition) is 1. The summed E-state index contributed by atoms with van der Waals surface area (Å²) in [6.45, 7) is 0. The van der Waals surface area contributed by atoms with E-state index in [0.717, 1.165) is 21.7 Å². The summed E-state index contributed by atoms with van der Waals surface area (Å²) < 4.78 is 2.62. The van der Waals surface area contributed by atoms with Crippen LogP contribution < -0.4 is 0 Å². The van der Waals surface area contributed by atoms with Gasteiger partial charge in [0, 0.05) is 30.8 Å². The highest BCUT2D eigenvalue weighted by molar-refractivity contribution is 7.25. The van der Waals surface area contributed by atoms with Crippen LogP contribution in [0.4, 0.5) is 0 Å². The number of rotatable bonds is 3. The maximum atomic E-state index is 6.76. The molecule has 0 aliphatic heterocycles. The van der Waals surface area contributed by atoms with E-state index in [1.165, 1.54) is 36.9 Å². The molecule has 1 aromatic heterocycles. The lowest BCUT2D eigenvalue weighted by Crippen LogP contribution is -1.87. The summed E-state index contributed by atoms with van der Waals surface area (Å²) >= 11 is 8.60. The minimum Gasteiger partial charge on any atom is -0.135 e. The second-order valence-electron chi connectivity index (χ2n) is 7.91. The summed E-state index contributed by atoms with van der Waals surface area (Å²) in [5, 5.41) is 3.40. The van der Waals surface area contributed by atoms with Crippen molar-refractivity contribution in [2.24, 2.45) is 0 Å². The zero-order valence-electron chi connectivity index (χ0n) is 17.3. The highest BCUT2D eigenvalue weighted by atomic mass is 35.5. The molecule has 0 N–H and O–H groups in total. The summed E-state index contributed by atoms with van der Waals surface area (Å²) in [5.74, 6) is 0. The maximum absolute atomic E-state index is 6.76. The quantitative estimate of drug-likeness (QED) is 0.253. The van der Waals surface area contributed by atoms with Gasteiger partial charge >= 0.3 is 0 Å². The SMILES string of the molecule is Clc1cccc(-c2ccc3c(c2)sc2ccccc23)c1-c1ccc(-c2ccccc2)cc1. The summed E-state index contributed by atoms with van der Waals surface area (Å²) in [7, 11) is 0. The molecule has 0 unspecified atom stereocenters. The second kappa shape index (κ2) is 7.94. The lowest BCUT2D eigenvalue weighted by Gasteiger charge is -2.13. The van der Waals surface area contributed by atoms with Gasteiger partial charge in [0.25, 0.3) is 0 Å².